The second-order valence-electron chi connectivity index (χ2n) is 7.98. The minimum atomic E-state index is -4.81. The van der Waals surface area contributed by atoms with Gasteiger partial charge in [-0.25, -0.2) is 0 Å². The van der Waals surface area contributed by atoms with E-state index < -0.39 is 17.7 Å². The van der Waals surface area contributed by atoms with Crippen molar-refractivity contribution >= 4 is 11.9 Å². The van der Waals surface area contributed by atoms with Crippen LogP contribution in [0.15, 0.2) is 0 Å². The maximum absolute atomic E-state index is 12.7. The number of carbonyl (C=O) groups excluding carboxylic acids is 2. The van der Waals surface area contributed by atoms with Crippen LogP contribution in [-0.4, -0.2) is 65.7 Å². The second kappa shape index (κ2) is 7.51. The summed E-state index contributed by atoms with van der Waals surface area (Å²) in [5, 5.41) is 0. The van der Waals surface area contributed by atoms with Gasteiger partial charge >= 0.3 is 18.1 Å². The smallest absolute Gasteiger partial charge is 0.460 e. The van der Waals surface area contributed by atoms with Crippen molar-refractivity contribution in [1.82, 2.24) is 9.80 Å². The van der Waals surface area contributed by atoms with Crippen molar-refractivity contribution in [3.05, 3.63) is 0 Å². The number of ether oxygens (including phenoxy) is 1. The molecule has 0 bridgehead atoms. The van der Waals surface area contributed by atoms with Crippen molar-refractivity contribution in [2.75, 3.05) is 26.2 Å². The van der Waals surface area contributed by atoms with Crippen molar-refractivity contribution < 1.29 is 27.5 Å². The first-order valence-corrected chi connectivity index (χ1v) is 8.77. The van der Waals surface area contributed by atoms with E-state index in [0.29, 0.717) is 25.9 Å². The molecule has 1 aliphatic heterocycles. The molecule has 0 spiro atoms. The van der Waals surface area contributed by atoms with E-state index in [9.17, 15) is 22.8 Å². The zero-order chi connectivity index (χ0) is 18.8. The first-order valence-electron chi connectivity index (χ1n) is 8.77. The van der Waals surface area contributed by atoms with Crippen molar-refractivity contribution in [2.24, 2.45) is 5.92 Å². The maximum atomic E-state index is 12.7. The number of nitrogens with zero attached hydrogens (tertiary/aromatic N) is 2. The number of alkyl halides is 3. The van der Waals surface area contributed by atoms with Gasteiger partial charge in [-0.2, -0.15) is 13.2 Å². The topological polar surface area (TPSA) is 49.9 Å². The highest BCUT2D eigenvalue weighted by Gasteiger charge is 2.47. The fourth-order valence-electron chi connectivity index (χ4n) is 3.13. The standard InChI is InChI=1S/C17H27F3N2O3/c1-16(2,3)25-14(23)7-9-21-8-6-12(10-21)11-22(13-4-5-13)15(24)17(18,19)20/h12-13H,4-11H2,1-3H3. The largest absolute Gasteiger partial charge is 0.471 e. The first kappa shape index (κ1) is 20.0. The molecule has 0 aromatic heterocycles. The van der Waals surface area contributed by atoms with E-state index in [1.54, 1.807) is 20.8 Å². The van der Waals surface area contributed by atoms with Crippen molar-refractivity contribution in [2.45, 2.75) is 64.3 Å². The third-order valence-corrected chi connectivity index (χ3v) is 4.37. The fraction of sp³-hybridized carbons (Fsp3) is 0.882. The minimum Gasteiger partial charge on any atom is -0.460 e. The molecule has 8 heteroatoms. The Morgan fingerprint density at radius 2 is 1.80 bits per heavy atom. The molecule has 144 valence electrons. The lowest BCUT2D eigenvalue weighted by molar-refractivity contribution is -0.186. The summed E-state index contributed by atoms with van der Waals surface area (Å²) in [7, 11) is 0. The van der Waals surface area contributed by atoms with Gasteiger partial charge in [-0.1, -0.05) is 0 Å². The Labute approximate surface area is 146 Å². The molecule has 5 nitrogen and oxygen atoms in total. The molecular formula is C17H27F3N2O3. The van der Waals surface area contributed by atoms with Crippen LogP contribution in [0.3, 0.4) is 0 Å². The van der Waals surface area contributed by atoms with Gasteiger partial charge in [-0.15, -0.1) is 0 Å². The molecule has 1 amide bonds. The molecule has 0 N–H and O–H groups in total. The fourth-order valence-corrected chi connectivity index (χ4v) is 3.13. The molecule has 1 saturated heterocycles. The number of esters is 1. The van der Waals surface area contributed by atoms with Crippen LogP contribution in [0.4, 0.5) is 13.2 Å². The summed E-state index contributed by atoms with van der Waals surface area (Å²) >= 11 is 0. The van der Waals surface area contributed by atoms with Gasteiger partial charge in [0.25, 0.3) is 0 Å². The summed E-state index contributed by atoms with van der Waals surface area (Å²) in [6.45, 7) is 7.43. The van der Waals surface area contributed by atoms with Crippen LogP contribution in [0.2, 0.25) is 0 Å². The molecule has 0 aromatic rings. The van der Waals surface area contributed by atoms with Gasteiger partial charge in [0.1, 0.15) is 5.60 Å². The van der Waals surface area contributed by atoms with Gasteiger partial charge in [0.2, 0.25) is 0 Å². The van der Waals surface area contributed by atoms with E-state index >= 15 is 0 Å². The van der Waals surface area contributed by atoms with E-state index in [2.05, 4.69) is 4.90 Å². The number of hydrogen-bond acceptors (Lipinski definition) is 4. The summed E-state index contributed by atoms with van der Waals surface area (Å²) in [6, 6.07) is -0.259. The number of hydrogen-bond donors (Lipinski definition) is 0. The van der Waals surface area contributed by atoms with Crippen LogP contribution in [0.5, 0.6) is 0 Å². The summed E-state index contributed by atoms with van der Waals surface area (Å²) in [4.78, 5) is 26.4. The molecule has 2 rings (SSSR count). The zero-order valence-electron chi connectivity index (χ0n) is 15.1. The number of amides is 1. The molecule has 0 radical (unpaired) electrons. The Morgan fingerprint density at radius 1 is 1.16 bits per heavy atom. The Morgan fingerprint density at radius 3 is 2.32 bits per heavy atom. The molecule has 1 heterocycles. The summed E-state index contributed by atoms with van der Waals surface area (Å²) in [5.41, 5.74) is -0.520. The predicted molar refractivity (Wildman–Crippen MR) is 85.8 cm³/mol. The van der Waals surface area contributed by atoms with Gasteiger partial charge in [0.15, 0.2) is 0 Å². The van der Waals surface area contributed by atoms with E-state index in [0.717, 1.165) is 17.9 Å². The van der Waals surface area contributed by atoms with Crippen LogP contribution >= 0.6 is 0 Å². The third kappa shape index (κ3) is 6.49. The minimum absolute atomic E-state index is 0.0190. The predicted octanol–water partition coefficient (Wildman–Crippen LogP) is 2.59. The van der Waals surface area contributed by atoms with Crippen LogP contribution in [0.1, 0.15) is 46.5 Å². The molecule has 1 saturated carbocycles. The summed E-state index contributed by atoms with van der Waals surface area (Å²) < 4.78 is 43.4. The van der Waals surface area contributed by atoms with Crippen LogP contribution in [-0.2, 0) is 14.3 Å². The normalized spacial score (nSPS) is 22.1. The monoisotopic (exact) mass is 364 g/mol. The van der Waals surface area contributed by atoms with E-state index in [-0.39, 0.29) is 30.9 Å². The molecule has 0 aromatic carbocycles. The number of halogens is 3. The number of rotatable bonds is 6. The summed E-state index contributed by atoms with van der Waals surface area (Å²) in [6.07, 6.45) is -2.51. The number of likely N-dealkylation sites (tertiary alicyclic amines) is 1. The lowest BCUT2D eigenvalue weighted by Gasteiger charge is -2.26. The quantitative estimate of drug-likeness (QED) is 0.680. The molecule has 25 heavy (non-hydrogen) atoms. The van der Waals surface area contributed by atoms with E-state index in [1.807, 2.05) is 0 Å². The Hall–Kier alpha value is -1.31. The highest BCUT2D eigenvalue weighted by atomic mass is 19.4. The summed E-state index contributed by atoms with van der Waals surface area (Å²) in [5.74, 6) is -1.98. The molecule has 2 fully saturated rings. The SMILES string of the molecule is CC(C)(C)OC(=O)CCN1CCC(CN(C(=O)C(F)(F)F)C2CC2)C1. The van der Waals surface area contributed by atoms with Crippen molar-refractivity contribution in [1.29, 1.82) is 0 Å². The lowest BCUT2D eigenvalue weighted by Crippen LogP contribution is -2.45. The highest BCUT2D eigenvalue weighted by Crippen LogP contribution is 2.33. The van der Waals surface area contributed by atoms with Crippen LogP contribution < -0.4 is 0 Å². The van der Waals surface area contributed by atoms with Gasteiger partial charge in [0, 0.05) is 25.7 Å². The highest BCUT2D eigenvalue weighted by molar-refractivity contribution is 5.82. The molecular weight excluding hydrogens is 337 g/mol. The third-order valence-electron chi connectivity index (χ3n) is 4.37. The Kier molecular flexibility index (Phi) is 6.01. The van der Waals surface area contributed by atoms with Gasteiger partial charge in [-0.05, 0) is 52.5 Å². The van der Waals surface area contributed by atoms with Gasteiger partial charge in [-0.3, -0.25) is 9.59 Å². The Bertz CT molecular complexity index is 498. The first-order chi connectivity index (χ1) is 11.5. The van der Waals surface area contributed by atoms with Gasteiger partial charge in [0.05, 0.1) is 6.42 Å². The van der Waals surface area contributed by atoms with Gasteiger partial charge < -0.3 is 14.5 Å². The van der Waals surface area contributed by atoms with Crippen molar-refractivity contribution in [3.63, 3.8) is 0 Å². The average Bonchev–Trinajstić information content (AvgIpc) is 3.19. The average molecular weight is 364 g/mol. The van der Waals surface area contributed by atoms with Crippen LogP contribution in [0, 0.1) is 5.92 Å². The molecule has 1 aliphatic carbocycles. The lowest BCUT2D eigenvalue weighted by atomic mass is 10.1. The molecule has 2 aliphatic rings. The van der Waals surface area contributed by atoms with E-state index in [1.165, 1.54) is 0 Å². The van der Waals surface area contributed by atoms with Crippen LogP contribution in [0.25, 0.3) is 0 Å². The van der Waals surface area contributed by atoms with Crippen molar-refractivity contribution in [3.8, 4) is 0 Å². The molecule has 1 atom stereocenters. The van der Waals surface area contributed by atoms with E-state index in [4.69, 9.17) is 4.74 Å². The second-order valence-corrected chi connectivity index (χ2v) is 7.98. The Balaban J connectivity index is 1.78. The molecule has 1 unspecified atom stereocenters. The maximum Gasteiger partial charge on any atom is 0.471 e. The number of carbonyl (C=O) groups is 2. The zero-order valence-corrected chi connectivity index (χ0v) is 15.1.